The third-order valence-corrected chi connectivity index (χ3v) is 4.17. The van der Waals surface area contributed by atoms with Crippen molar-refractivity contribution in [1.82, 2.24) is 10.2 Å². The van der Waals surface area contributed by atoms with Crippen LogP contribution in [0.5, 0.6) is 0 Å². The Hall–Kier alpha value is -0.120. The van der Waals surface area contributed by atoms with Crippen LogP contribution in [0.4, 0.5) is 0 Å². The molecule has 88 valence electrons. The standard InChI is InChI=1S/C12H24N2O/c1-9-4-5-14(8-12(9)15-3)11-7-13-6-10(11)2/h9-13H,4-8H2,1-3H3. The molecule has 0 saturated carbocycles. The average Bonchev–Trinajstić information content (AvgIpc) is 2.65. The summed E-state index contributed by atoms with van der Waals surface area (Å²) in [6.45, 7) is 9.36. The van der Waals surface area contributed by atoms with Crippen LogP contribution in [0.2, 0.25) is 0 Å². The zero-order valence-electron chi connectivity index (χ0n) is 10.2. The molecule has 2 aliphatic heterocycles. The molecule has 2 fully saturated rings. The molecule has 0 bridgehead atoms. The summed E-state index contributed by atoms with van der Waals surface area (Å²) in [6, 6.07) is 0.732. The van der Waals surface area contributed by atoms with Gasteiger partial charge in [0.25, 0.3) is 0 Å². The Bertz CT molecular complexity index is 210. The van der Waals surface area contributed by atoms with Gasteiger partial charge in [-0.05, 0) is 31.3 Å². The van der Waals surface area contributed by atoms with E-state index >= 15 is 0 Å². The smallest absolute Gasteiger partial charge is 0.0724 e. The van der Waals surface area contributed by atoms with Crippen molar-refractivity contribution in [2.75, 3.05) is 33.3 Å². The SMILES string of the molecule is COC1CN(C2CNCC2C)CCC1C. The van der Waals surface area contributed by atoms with Crippen LogP contribution in [-0.2, 0) is 4.74 Å². The molecule has 2 aliphatic rings. The lowest BCUT2D eigenvalue weighted by atomic mass is 9.93. The van der Waals surface area contributed by atoms with E-state index in [0.717, 1.165) is 31.0 Å². The minimum absolute atomic E-state index is 0.437. The number of nitrogens with zero attached hydrogens (tertiary/aromatic N) is 1. The number of methoxy groups -OCH3 is 1. The van der Waals surface area contributed by atoms with Gasteiger partial charge in [-0.15, -0.1) is 0 Å². The fourth-order valence-electron chi connectivity index (χ4n) is 2.95. The van der Waals surface area contributed by atoms with Crippen molar-refractivity contribution in [2.24, 2.45) is 11.8 Å². The Morgan fingerprint density at radius 1 is 1.20 bits per heavy atom. The van der Waals surface area contributed by atoms with E-state index in [4.69, 9.17) is 4.74 Å². The maximum Gasteiger partial charge on any atom is 0.0724 e. The van der Waals surface area contributed by atoms with Gasteiger partial charge in [0.05, 0.1) is 6.10 Å². The van der Waals surface area contributed by atoms with E-state index in [1.54, 1.807) is 0 Å². The van der Waals surface area contributed by atoms with Crippen molar-refractivity contribution >= 4 is 0 Å². The summed E-state index contributed by atoms with van der Waals surface area (Å²) in [5, 5.41) is 3.48. The van der Waals surface area contributed by atoms with E-state index in [1.807, 2.05) is 7.11 Å². The maximum absolute atomic E-state index is 5.57. The normalized spacial score (nSPS) is 43.4. The molecule has 0 radical (unpaired) electrons. The highest BCUT2D eigenvalue weighted by atomic mass is 16.5. The van der Waals surface area contributed by atoms with Crippen molar-refractivity contribution < 1.29 is 4.74 Å². The van der Waals surface area contributed by atoms with Crippen LogP contribution in [0.3, 0.4) is 0 Å². The van der Waals surface area contributed by atoms with Crippen LogP contribution in [0.15, 0.2) is 0 Å². The molecule has 0 amide bonds. The Morgan fingerprint density at radius 2 is 2.00 bits per heavy atom. The summed E-state index contributed by atoms with van der Waals surface area (Å²) in [5.74, 6) is 1.51. The van der Waals surface area contributed by atoms with E-state index < -0.39 is 0 Å². The Morgan fingerprint density at radius 3 is 2.60 bits per heavy atom. The highest BCUT2D eigenvalue weighted by Crippen LogP contribution is 2.24. The summed E-state index contributed by atoms with van der Waals surface area (Å²) in [5.41, 5.74) is 0. The molecule has 0 aromatic heterocycles. The van der Waals surface area contributed by atoms with E-state index in [1.165, 1.54) is 19.5 Å². The minimum Gasteiger partial charge on any atom is -0.380 e. The van der Waals surface area contributed by atoms with Crippen LogP contribution < -0.4 is 5.32 Å². The van der Waals surface area contributed by atoms with Crippen molar-refractivity contribution in [3.05, 3.63) is 0 Å². The van der Waals surface area contributed by atoms with Gasteiger partial charge in [-0.2, -0.15) is 0 Å². The largest absolute Gasteiger partial charge is 0.380 e. The van der Waals surface area contributed by atoms with Crippen LogP contribution in [0, 0.1) is 11.8 Å². The molecular weight excluding hydrogens is 188 g/mol. The van der Waals surface area contributed by atoms with Gasteiger partial charge in [0.2, 0.25) is 0 Å². The van der Waals surface area contributed by atoms with Crippen molar-refractivity contribution in [3.8, 4) is 0 Å². The summed E-state index contributed by atoms with van der Waals surface area (Å²) in [7, 11) is 1.85. The fraction of sp³-hybridized carbons (Fsp3) is 1.00. The zero-order valence-corrected chi connectivity index (χ0v) is 10.2. The van der Waals surface area contributed by atoms with Gasteiger partial charge in [-0.25, -0.2) is 0 Å². The van der Waals surface area contributed by atoms with Crippen LogP contribution >= 0.6 is 0 Å². The fourth-order valence-corrected chi connectivity index (χ4v) is 2.95. The van der Waals surface area contributed by atoms with Crippen molar-refractivity contribution in [2.45, 2.75) is 32.4 Å². The van der Waals surface area contributed by atoms with Gasteiger partial charge in [0.15, 0.2) is 0 Å². The second kappa shape index (κ2) is 4.81. The molecule has 3 heteroatoms. The van der Waals surface area contributed by atoms with Gasteiger partial charge in [0.1, 0.15) is 0 Å². The second-order valence-corrected chi connectivity index (χ2v) is 5.24. The highest BCUT2D eigenvalue weighted by molar-refractivity contribution is 4.90. The van der Waals surface area contributed by atoms with E-state index in [2.05, 4.69) is 24.1 Å². The number of nitrogens with one attached hydrogen (secondary N) is 1. The number of hydrogen-bond acceptors (Lipinski definition) is 3. The number of piperidine rings is 1. The topological polar surface area (TPSA) is 24.5 Å². The molecular formula is C12H24N2O. The lowest BCUT2D eigenvalue weighted by Gasteiger charge is -2.40. The second-order valence-electron chi connectivity index (χ2n) is 5.24. The van der Waals surface area contributed by atoms with Crippen molar-refractivity contribution in [3.63, 3.8) is 0 Å². The summed E-state index contributed by atoms with van der Waals surface area (Å²) in [6.07, 6.45) is 1.72. The summed E-state index contributed by atoms with van der Waals surface area (Å²) in [4.78, 5) is 2.62. The number of rotatable bonds is 2. The summed E-state index contributed by atoms with van der Waals surface area (Å²) < 4.78 is 5.57. The van der Waals surface area contributed by atoms with Gasteiger partial charge < -0.3 is 10.1 Å². The number of hydrogen-bond donors (Lipinski definition) is 1. The number of likely N-dealkylation sites (tertiary alicyclic amines) is 1. The molecule has 15 heavy (non-hydrogen) atoms. The molecule has 0 aromatic carbocycles. The van der Waals surface area contributed by atoms with E-state index in [-0.39, 0.29) is 0 Å². The van der Waals surface area contributed by atoms with Crippen LogP contribution in [0.25, 0.3) is 0 Å². The minimum atomic E-state index is 0.437. The van der Waals surface area contributed by atoms with Gasteiger partial charge in [0, 0.05) is 26.2 Å². The predicted octanol–water partition coefficient (Wildman–Crippen LogP) is 0.951. The molecule has 1 N–H and O–H groups in total. The highest BCUT2D eigenvalue weighted by Gasteiger charge is 2.34. The molecule has 4 atom stereocenters. The quantitative estimate of drug-likeness (QED) is 0.737. The Kier molecular flexibility index (Phi) is 3.65. The van der Waals surface area contributed by atoms with Gasteiger partial charge in [-0.3, -0.25) is 4.90 Å². The van der Waals surface area contributed by atoms with Crippen molar-refractivity contribution in [1.29, 1.82) is 0 Å². The lowest BCUT2D eigenvalue weighted by Crippen LogP contribution is -2.50. The Labute approximate surface area is 93.2 Å². The third kappa shape index (κ3) is 2.35. The first-order chi connectivity index (χ1) is 7.22. The molecule has 0 aromatic rings. The Balaban J connectivity index is 1.93. The van der Waals surface area contributed by atoms with Gasteiger partial charge in [-0.1, -0.05) is 13.8 Å². The zero-order chi connectivity index (χ0) is 10.8. The molecule has 4 unspecified atom stereocenters. The predicted molar refractivity (Wildman–Crippen MR) is 62.0 cm³/mol. The van der Waals surface area contributed by atoms with Crippen LogP contribution in [0.1, 0.15) is 20.3 Å². The molecule has 0 spiro atoms. The number of ether oxygens (including phenoxy) is 1. The molecule has 2 saturated heterocycles. The molecule has 2 rings (SSSR count). The average molecular weight is 212 g/mol. The monoisotopic (exact) mass is 212 g/mol. The van der Waals surface area contributed by atoms with E-state index in [0.29, 0.717) is 6.10 Å². The first kappa shape index (κ1) is 11.4. The molecule has 2 heterocycles. The molecule has 0 aliphatic carbocycles. The summed E-state index contributed by atoms with van der Waals surface area (Å²) >= 11 is 0. The van der Waals surface area contributed by atoms with Gasteiger partial charge >= 0.3 is 0 Å². The first-order valence-corrected chi connectivity index (χ1v) is 6.20. The van der Waals surface area contributed by atoms with E-state index in [9.17, 15) is 0 Å². The molecule has 3 nitrogen and oxygen atoms in total. The lowest BCUT2D eigenvalue weighted by molar-refractivity contribution is -0.0211. The van der Waals surface area contributed by atoms with Crippen LogP contribution in [-0.4, -0.2) is 50.3 Å². The maximum atomic E-state index is 5.57. The first-order valence-electron chi connectivity index (χ1n) is 6.20. The third-order valence-electron chi connectivity index (χ3n) is 4.17.